The molecule has 1 saturated heterocycles. The second-order valence-corrected chi connectivity index (χ2v) is 7.23. The molecule has 152 valence electrons. The highest BCUT2D eigenvalue weighted by Crippen LogP contribution is 2.17. The van der Waals surface area contributed by atoms with Gasteiger partial charge in [-0.1, -0.05) is 23.8 Å². The van der Waals surface area contributed by atoms with Gasteiger partial charge >= 0.3 is 0 Å². The van der Waals surface area contributed by atoms with E-state index >= 15 is 0 Å². The Morgan fingerprint density at radius 3 is 2.70 bits per heavy atom. The molecule has 1 unspecified atom stereocenters. The summed E-state index contributed by atoms with van der Waals surface area (Å²) in [6.07, 6.45) is 4.00. The van der Waals surface area contributed by atoms with E-state index in [2.05, 4.69) is 61.5 Å². The van der Waals surface area contributed by atoms with Crippen LogP contribution < -0.4 is 10.6 Å². The molecule has 1 heterocycles. The third-order valence-electron chi connectivity index (χ3n) is 5.00. The topological polar surface area (TPSA) is 56.7 Å². The van der Waals surface area contributed by atoms with Gasteiger partial charge in [-0.05, 0) is 58.1 Å². The molecule has 5 nitrogen and oxygen atoms in total. The molecule has 1 amide bonds. The standard InChI is InChI=1S/C21H34N4O.HI/c1-5-22-21(24-15-19-10-9-16(2)14-17(19)3)23-12-11-20(26)25-13-7-6-8-18(25)4;/h9-10,14,18H,5-8,11-13,15H2,1-4H3,(H2,22,23,24);1H. The number of carbonyl (C=O) groups excluding carboxylic acids is 1. The van der Waals surface area contributed by atoms with Gasteiger partial charge in [0.2, 0.25) is 5.91 Å². The number of nitrogens with zero attached hydrogens (tertiary/aromatic N) is 2. The Kier molecular flexibility index (Phi) is 10.7. The van der Waals surface area contributed by atoms with Crippen LogP contribution in [-0.4, -0.2) is 42.4 Å². The Labute approximate surface area is 181 Å². The summed E-state index contributed by atoms with van der Waals surface area (Å²) in [7, 11) is 0. The first kappa shape index (κ1) is 23.7. The van der Waals surface area contributed by atoms with Gasteiger partial charge in [0.25, 0.3) is 0 Å². The smallest absolute Gasteiger partial charge is 0.224 e. The van der Waals surface area contributed by atoms with Crippen LogP contribution in [0, 0.1) is 13.8 Å². The Bertz CT molecular complexity index is 633. The predicted molar refractivity (Wildman–Crippen MR) is 124 cm³/mol. The third kappa shape index (κ3) is 7.68. The molecule has 0 spiro atoms. The zero-order chi connectivity index (χ0) is 18.9. The van der Waals surface area contributed by atoms with Crippen LogP contribution in [0.25, 0.3) is 0 Å². The Morgan fingerprint density at radius 1 is 1.26 bits per heavy atom. The van der Waals surface area contributed by atoms with E-state index in [1.165, 1.54) is 23.1 Å². The number of amides is 1. The summed E-state index contributed by atoms with van der Waals surface area (Å²) in [5.41, 5.74) is 3.76. The minimum Gasteiger partial charge on any atom is -0.357 e. The summed E-state index contributed by atoms with van der Waals surface area (Å²) < 4.78 is 0. The average Bonchev–Trinajstić information content (AvgIpc) is 2.61. The van der Waals surface area contributed by atoms with Crippen molar-refractivity contribution in [1.82, 2.24) is 15.5 Å². The number of aliphatic imine (C=N–C) groups is 1. The number of rotatable bonds is 6. The average molecular weight is 486 g/mol. The number of likely N-dealkylation sites (tertiary alicyclic amines) is 1. The van der Waals surface area contributed by atoms with E-state index in [1.54, 1.807) is 0 Å². The predicted octanol–water partition coefficient (Wildman–Crippen LogP) is 3.77. The maximum absolute atomic E-state index is 12.4. The summed E-state index contributed by atoms with van der Waals surface area (Å²) in [5, 5.41) is 6.56. The van der Waals surface area contributed by atoms with Crippen molar-refractivity contribution < 1.29 is 4.79 Å². The minimum absolute atomic E-state index is 0. The molecule has 0 saturated carbocycles. The van der Waals surface area contributed by atoms with E-state index in [4.69, 9.17) is 0 Å². The molecule has 0 aliphatic carbocycles. The van der Waals surface area contributed by atoms with Crippen LogP contribution in [0.2, 0.25) is 0 Å². The number of carbonyl (C=O) groups is 1. The summed E-state index contributed by atoms with van der Waals surface area (Å²) >= 11 is 0. The molecule has 27 heavy (non-hydrogen) atoms. The van der Waals surface area contributed by atoms with Crippen molar-refractivity contribution in [2.24, 2.45) is 4.99 Å². The highest BCUT2D eigenvalue weighted by atomic mass is 127. The molecule has 1 aliphatic heterocycles. The van der Waals surface area contributed by atoms with Gasteiger partial charge in [-0.3, -0.25) is 4.79 Å². The van der Waals surface area contributed by atoms with Crippen LogP contribution >= 0.6 is 24.0 Å². The second-order valence-electron chi connectivity index (χ2n) is 7.23. The van der Waals surface area contributed by atoms with Crippen molar-refractivity contribution in [1.29, 1.82) is 0 Å². The summed E-state index contributed by atoms with van der Waals surface area (Å²) in [6.45, 7) is 11.4. The number of hydrogen-bond acceptors (Lipinski definition) is 2. The fourth-order valence-electron chi connectivity index (χ4n) is 3.43. The molecule has 0 radical (unpaired) electrons. The molecule has 1 aliphatic rings. The molecule has 6 heteroatoms. The number of guanidine groups is 1. The summed E-state index contributed by atoms with van der Waals surface area (Å²) in [4.78, 5) is 19.1. The maximum atomic E-state index is 12.4. The highest BCUT2D eigenvalue weighted by Gasteiger charge is 2.22. The first-order valence-electron chi connectivity index (χ1n) is 9.89. The van der Waals surface area contributed by atoms with Crippen LogP contribution in [0.15, 0.2) is 23.2 Å². The van der Waals surface area contributed by atoms with Crippen LogP contribution in [0.4, 0.5) is 0 Å². The van der Waals surface area contributed by atoms with Crippen molar-refractivity contribution in [3.8, 4) is 0 Å². The van der Waals surface area contributed by atoms with Crippen molar-refractivity contribution in [2.75, 3.05) is 19.6 Å². The van der Waals surface area contributed by atoms with Crippen LogP contribution in [0.3, 0.4) is 0 Å². The SMILES string of the molecule is CCNC(=NCc1ccc(C)cc1C)NCCC(=O)N1CCCCC1C.I. The molecule has 1 atom stereocenters. The molecule has 0 bridgehead atoms. The molecule has 0 aromatic heterocycles. The van der Waals surface area contributed by atoms with Gasteiger partial charge in [-0.25, -0.2) is 4.99 Å². The maximum Gasteiger partial charge on any atom is 0.224 e. The first-order valence-corrected chi connectivity index (χ1v) is 9.89. The van der Waals surface area contributed by atoms with Crippen molar-refractivity contribution in [2.45, 2.75) is 66.0 Å². The van der Waals surface area contributed by atoms with Crippen LogP contribution in [0.5, 0.6) is 0 Å². The lowest BCUT2D eigenvalue weighted by atomic mass is 10.0. The quantitative estimate of drug-likeness (QED) is 0.366. The molecular weight excluding hydrogens is 451 g/mol. The van der Waals surface area contributed by atoms with Gasteiger partial charge in [-0.2, -0.15) is 0 Å². The van der Waals surface area contributed by atoms with E-state index in [0.29, 0.717) is 25.6 Å². The van der Waals surface area contributed by atoms with Crippen LogP contribution in [0.1, 0.15) is 56.2 Å². The fraction of sp³-hybridized carbons (Fsp3) is 0.619. The summed E-state index contributed by atoms with van der Waals surface area (Å²) in [5.74, 6) is 1.02. The van der Waals surface area contributed by atoms with E-state index in [-0.39, 0.29) is 29.9 Å². The molecule has 1 aromatic carbocycles. The van der Waals surface area contributed by atoms with Gasteiger partial charge in [0.1, 0.15) is 0 Å². The zero-order valence-electron chi connectivity index (χ0n) is 17.2. The van der Waals surface area contributed by atoms with E-state index in [1.807, 2.05) is 4.90 Å². The number of halogens is 1. The minimum atomic E-state index is 0. The van der Waals surface area contributed by atoms with Crippen LogP contribution in [-0.2, 0) is 11.3 Å². The fourth-order valence-corrected chi connectivity index (χ4v) is 3.43. The van der Waals surface area contributed by atoms with Gasteiger partial charge in [-0.15, -0.1) is 24.0 Å². The second kappa shape index (κ2) is 12.2. The lowest BCUT2D eigenvalue weighted by Gasteiger charge is -2.33. The lowest BCUT2D eigenvalue weighted by Crippen LogP contribution is -2.44. The lowest BCUT2D eigenvalue weighted by molar-refractivity contribution is -0.134. The van der Waals surface area contributed by atoms with E-state index in [9.17, 15) is 4.79 Å². The number of hydrogen-bond donors (Lipinski definition) is 2. The molecular formula is C21H35IN4O. The number of nitrogens with one attached hydrogen (secondary N) is 2. The first-order chi connectivity index (χ1) is 12.5. The zero-order valence-corrected chi connectivity index (χ0v) is 19.5. The van der Waals surface area contributed by atoms with Gasteiger partial charge in [0.05, 0.1) is 6.54 Å². The molecule has 1 aromatic rings. The largest absolute Gasteiger partial charge is 0.357 e. The molecule has 2 rings (SSSR count). The summed E-state index contributed by atoms with van der Waals surface area (Å²) in [6, 6.07) is 6.82. The van der Waals surface area contributed by atoms with Crippen molar-refractivity contribution in [3.05, 3.63) is 34.9 Å². The van der Waals surface area contributed by atoms with E-state index in [0.717, 1.165) is 31.9 Å². The molecule has 1 fully saturated rings. The third-order valence-corrected chi connectivity index (χ3v) is 5.00. The Balaban J connectivity index is 0.00000364. The number of benzene rings is 1. The van der Waals surface area contributed by atoms with Gasteiger partial charge in [0.15, 0.2) is 5.96 Å². The number of aryl methyl sites for hydroxylation is 2. The number of piperidine rings is 1. The van der Waals surface area contributed by atoms with Crippen molar-refractivity contribution in [3.63, 3.8) is 0 Å². The van der Waals surface area contributed by atoms with Gasteiger partial charge < -0.3 is 15.5 Å². The molecule has 2 N–H and O–H groups in total. The van der Waals surface area contributed by atoms with Gasteiger partial charge in [0, 0.05) is 32.1 Å². The normalized spacial score (nSPS) is 17.3. The monoisotopic (exact) mass is 486 g/mol. The Morgan fingerprint density at radius 2 is 2.04 bits per heavy atom. The highest BCUT2D eigenvalue weighted by molar-refractivity contribution is 14.0. The van der Waals surface area contributed by atoms with Crippen molar-refractivity contribution >= 4 is 35.8 Å². The Hall–Kier alpha value is -1.31. The van der Waals surface area contributed by atoms with E-state index < -0.39 is 0 Å².